The minimum absolute atomic E-state index is 0.371. The zero-order valence-electron chi connectivity index (χ0n) is 8.56. The van der Waals surface area contributed by atoms with E-state index in [0.29, 0.717) is 6.92 Å². The van der Waals surface area contributed by atoms with Gasteiger partial charge in [-0.1, -0.05) is 6.92 Å². The van der Waals surface area contributed by atoms with Crippen molar-refractivity contribution >= 4 is 0 Å². The maximum absolute atomic E-state index is 13.4. The summed E-state index contributed by atoms with van der Waals surface area (Å²) in [6.45, 7) is 0.371. The normalized spacial score (nSPS) is 40.5. The maximum Gasteiger partial charge on any atom is 0.381 e. The van der Waals surface area contributed by atoms with E-state index in [2.05, 4.69) is 0 Å². The Balaban J connectivity index is 3.60. The Bertz CT molecular complexity index is 332. The van der Waals surface area contributed by atoms with Crippen LogP contribution in [0.15, 0.2) is 0 Å². The van der Waals surface area contributed by atoms with Gasteiger partial charge < -0.3 is 0 Å². The van der Waals surface area contributed by atoms with E-state index in [1.165, 1.54) is 0 Å². The molecule has 0 bridgehead atoms. The molecule has 2 atom stereocenters. The minimum atomic E-state index is -6.71. The van der Waals surface area contributed by atoms with Gasteiger partial charge in [-0.25, -0.2) is 8.78 Å². The van der Waals surface area contributed by atoms with Crippen LogP contribution >= 0.6 is 0 Å². The molecule has 1 saturated carbocycles. The lowest BCUT2D eigenvalue weighted by Crippen LogP contribution is -2.79. The fourth-order valence-corrected chi connectivity index (χ4v) is 1.67. The molecule has 0 nitrogen and oxygen atoms in total. The molecule has 0 radical (unpaired) electrons. The minimum Gasteiger partial charge on any atom is -0.237 e. The van der Waals surface area contributed by atoms with E-state index in [-0.39, 0.29) is 0 Å². The van der Waals surface area contributed by atoms with Crippen LogP contribution < -0.4 is 0 Å². The molecule has 0 aromatic heterocycles. The quantitative estimate of drug-likeness (QED) is 0.641. The second kappa shape index (κ2) is 3.44. The highest BCUT2D eigenvalue weighted by Gasteiger charge is 2.94. The first kappa shape index (κ1) is 15.4. The van der Waals surface area contributed by atoms with Gasteiger partial charge >= 0.3 is 23.7 Å². The van der Waals surface area contributed by atoms with Crippen molar-refractivity contribution in [1.82, 2.24) is 0 Å². The maximum atomic E-state index is 13.4. The Labute approximate surface area is 93.9 Å². The van der Waals surface area contributed by atoms with Gasteiger partial charge in [0.15, 0.2) is 0 Å². The predicted octanol–water partition coefficient (Wildman–Crippen LogP) is 4.00. The molecule has 1 aliphatic rings. The van der Waals surface area contributed by atoms with Crippen LogP contribution in [0.5, 0.6) is 0 Å². The summed E-state index contributed by atoms with van der Waals surface area (Å²) in [5.41, 5.74) is -5.08. The van der Waals surface area contributed by atoms with Crippen LogP contribution in [0.4, 0.5) is 43.9 Å². The summed E-state index contributed by atoms with van der Waals surface area (Å²) in [6, 6.07) is 0. The summed E-state index contributed by atoms with van der Waals surface area (Å²) < 4.78 is 128. The van der Waals surface area contributed by atoms with Crippen LogP contribution in [0.3, 0.4) is 0 Å². The molecule has 10 heteroatoms. The molecule has 1 aliphatic carbocycles. The highest BCUT2D eigenvalue weighted by Crippen LogP contribution is 2.65. The molecular formula is C8H6F10. The van der Waals surface area contributed by atoms with Crippen molar-refractivity contribution in [2.75, 3.05) is 0 Å². The molecule has 18 heavy (non-hydrogen) atoms. The fraction of sp³-hybridized carbons (Fsp3) is 1.00. The first-order valence-electron chi connectivity index (χ1n) is 4.56. The predicted molar refractivity (Wildman–Crippen MR) is 38.8 cm³/mol. The summed E-state index contributed by atoms with van der Waals surface area (Å²) in [5, 5.41) is 0. The summed E-state index contributed by atoms with van der Waals surface area (Å²) in [5.74, 6) is -25.9. The summed E-state index contributed by atoms with van der Waals surface area (Å²) in [6.07, 6.45) is -6.57. The summed E-state index contributed by atoms with van der Waals surface area (Å²) in [7, 11) is 0. The number of hydrogen-bond donors (Lipinski definition) is 0. The van der Waals surface area contributed by atoms with E-state index in [9.17, 15) is 43.9 Å². The van der Waals surface area contributed by atoms with Crippen molar-refractivity contribution in [2.45, 2.75) is 48.9 Å². The molecule has 0 aromatic carbocycles. The lowest BCUT2D eigenvalue weighted by Gasteiger charge is -2.50. The van der Waals surface area contributed by atoms with E-state index < -0.39 is 42.0 Å². The molecule has 0 spiro atoms. The SMILES string of the molecule is CCC1(F)C(F)C(F)(F)C(F)(F)C(F)(F)C1(F)F. The van der Waals surface area contributed by atoms with Gasteiger partial charge in [-0.3, -0.25) is 0 Å². The Hall–Kier alpha value is -0.700. The lowest BCUT2D eigenvalue weighted by molar-refractivity contribution is -0.442. The van der Waals surface area contributed by atoms with Crippen LogP contribution in [0.25, 0.3) is 0 Å². The molecule has 0 aromatic rings. The number of halogens is 10. The molecule has 2 unspecified atom stereocenters. The van der Waals surface area contributed by atoms with E-state index >= 15 is 0 Å². The molecule has 1 fully saturated rings. The zero-order valence-corrected chi connectivity index (χ0v) is 8.56. The Morgan fingerprint density at radius 3 is 1.44 bits per heavy atom. The lowest BCUT2D eigenvalue weighted by atomic mass is 9.72. The first-order valence-corrected chi connectivity index (χ1v) is 4.56. The van der Waals surface area contributed by atoms with Gasteiger partial charge in [-0.15, -0.1) is 0 Å². The van der Waals surface area contributed by atoms with Crippen LogP contribution in [-0.4, -0.2) is 35.5 Å². The van der Waals surface area contributed by atoms with Crippen LogP contribution in [0.2, 0.25) is 0 Å². The molecule has 0 saturated heterocycles. The van der Waals surface area contributed by atoms with Gasteiger partial charge in [-0.05, 0) is 6.42 Å². The Morgan fingerprint density at radius 1 is 0.722 bits per heavy atom. The third-order valence-corrected chi connectivity index (χ3v) is 2.96. The second-order valence-corrected chi connectivity index (χ2v) is 3.92. The van der Waals surface area contributed by atoms with E-state index in [0.717, 1.165) is 0 Å². The summed E-state index contributed by atoms with van der Waals surface area (Å²) in [4.78, 5) is 0. The largest absolute Gasteiger partial charge is 0.381 e. The molecule has 108 valence electrons. The fourth-order valence-electron chi connectivity index (χ4n) is 1.67. The topological polar surface area (TPSA) is 0 Å². The van der Waals surface area contributed by atoms with Crippen LogP contribution in [0, 0.1) is 0 Å². The Morgan fingerprint density at radius 2 is 1.11 bits per heavy atom. The van der Waals surface area contributed by atoms with Crippen molar-refractivity contribution in [3.8, 4) is 0 Å². The van der Waals surface area contributed by atoms with Crippen LogP contribution in [0.1, 0.15) is 13.3 Å². The van der Waals surface area contributed by atoms with E-state index in [1.807, 2.05) is 0 Å². The van der Waals surface area contributed by atoms with Crippen molar-refractivity contribution in [2.24, 2.45) is 0 Å². The average molecular weight is 292 g/mol. The zero-order chi connectivity index (χ0) is 14.8. The van der Waals surface area contributed by atoms with Crippen molar-refractivity contribution in [3.05, 3.63) is 0 Å². The summed E-state index contributed by atoms with van der Waals surface area (Å²) >= 11 is 0. The van der Waals surface area contributed by atoms with Crippen LogP contribution in [-0.2, 0) is 0 Å². The van der Waals surface area contributed by atoms with Gasteiger partial charge in [0.25, 0.3) is 0 Å². The van der Waals surface area contributed by atoms with E-state index in [4.69, 9.17) is 0 Å². The Kier molecular flexibility index (Phi) is 2.94. The number of rotatable bonds is 1. The number of hydrogen-bond acceptors (Lipinski definition) is 0. The first-order chi connectivity index (χ1) is 7.72. The monoisotopic (exact) mass is 292 g/mol. The highest BCUT2D eigenvalue weighted by molar-refractivity contribution is 5.22. The molecule has 0 N–H and O–H groups in total. The number of alkyl halides is 10. The molecule has 1 rings (SSSR count). The third-order valence-electron chi connectivity index (χ3n) is 2.96. The van der Waals surface area contributed by atoms with Crippen molar-refractivity contribution in [3.63, 3.8) is 0 Å². The smallest absolute Gasteiger partial charge is 0.237 e. The molecular weight excluding hydrogens is 286 g/mol. The van der Waals surface area contributed by atoms with Gasteiger partial charge in [0.1, 0.15) is 0 Å². The van der Waals surface area contributed by atoms with Crippen molar-refractivity contribution < 1.29 is 43.9 Å². The van der Waals surface area contributed by atoms with Gasteiger partial charge in [0.05, 0.1) is 0 Å². The molecule has 0 heterocycles. The van der Waals surface area contributed by atoms with E-state index in [1.54, 1.807) is 0 Å². The van der Waals surface area contributed by atoms with Gasteiger partial charge in [0, 0.05) is 0 Å². The average Bonchev–Trinajstić information content (AvgIpc) is 2.24. The van der Waals surface area contributed by atoms with Gasteiger partial charge in [0.2, 0.25) is 11.8 Å². The van der Waals surface area contributed by atoms with Gasteiger partial charge in [-0.2, -0.15) is 35.1 Å². The highest BCUT2D eigenvalue weighted by atomic mass is 19.4. The van der Waals surface area contributed by atoms with Crippen molar-refractivity contribution in [1.29, 1.82) is 0 Å². The molecule has 0 aliphatic heterocycles. The second-order valence-electron chi connectivity index (χ2n) is 3.92. The standard InChI is InChI=1S/C8H6F10/c1-2-4(10)3(9)5(11,12)7(15,16)8(17,18)6(4,13)14/h3H,2H2,1H3. The molecule has 0 amide bonds. The third kappa shape index (κ3) is 1.24.